The normalized spacial score (nSPS) is 14.9. The maximum atomic E-state index is 12.0. The number of hydrogen-bond acceptors (Lipinski definition) is 3. The molecule has 0 aromatic heterocycles. The van der Waals surface area contributed by atoms with E-state index in [1.807, 2.05) is 38.2 Å². The summed E-state index contributed by atoms with van der Waals surface area (Å²) in [6, 6.07) is 10.2. The zero-order chi connectivity index (χ0) is 13.7. The molecule has 0 saturated carbocycles. The van der Waals surface area contributed by atoms with Crippen molar-refractivity contribution in [2.75, 3.05) is 13.7 Å². The van der Waals surface area contributed by atoms with Crippen molar-refractivity contribution < 1.29 is 9.53 Å². The van der Waals surface area contributed by atoms with Crippen LogP contribution in [0.2, 0.25) is 0 Å². The molecule has 1 aromatic rings. The average Bonchev–Trinajstić information content (AvgIpc) is 2.47. The molecular weight excluding hydrogens is 238 g/mol. The van der Waals surface area contributed by atoms with E-state index in [4.69, 9.17) is 4.74 Å². The van der Waals surface area contributed by atoms with Gasteiger partial charge in [-0.3, -0.25) is 0 Å². The van der Waals surface area contributed by atoms with Gasteiger partial charge in [-0.1, -0.05) is 36.4 Å². The van der Waals surface area contributed by atoms with E-state index in [2.05, 4.69) is 17.4 Å². The summed E-state index contributed by atoms with van der Waals surface area (Å²) in [6.07, 6.45) is 3.75. The fraction of sp³-hybridized carbons (Fsp3) is 0.312. The van der Waals surface area contributed by atoms with E-state index in [0.717, 1.165) is 24.1 Å². The molecule has 0 aliphatic heterocycles. The molecule has 0 heterocycles. The van der Waals surface area contributed by atoms with Crippen molar-refractivity contribution in [1.82, 2.24) is 5.32 Å². The summed E-state index contributed by atoms with van der Waals surface area (Å²) in [5.74, 6) is -0.250. The van der Waals surface area contributed by atoms with Crippen LogP contribution in [0.4, 0.5) is 0 Å². The highest BCUT2D eigenvalue weighted by atomic mass is 16.5. The summed E-state index contributed by atoms with van der Waals surface area (Å²) in [5, 5.41) is 3.15. The standard InChI is InChI=1S/C16H19NO2/c1-3-19-16(18)14-11-7-10-13(15(14)17-2)12-8-5-4-6-9-12/h4-6,8-9,11,17H,3,7,10H2,1-2H3. The maximum absolute atomic E-state index is 12.0. The molecule has 100 valence electrons. The van der Waals surface area contributed by atoms with Crippen LogP contribution in [0, 0.1) is 0 Å². The molecule has 0 amide bonds. The quantitative estimate of drug-likeness (QED) is 0.843. The summed E-state index contributed by atoms with van der Waals surface area (Å²) in [7, 11) is 1.84. The summed E-state index contributed by atoms with van der Waals surface area (Å²) in [6.45, 7) is 2.22. The van der Waals surface area contributed by atoms with E-state index in [-0.39, 0.29) is 5.97 Å². The van der Waals surface area contributed by atoms with Crippen molar-refractivity contribution in [2.45, 2.75) is 19.8 Å². The highest BCUT2D eigenvalue weighted by Gasteiger charge is 2.22. The largest absolute Gasteiger partial charge is 0.462 e. The maximum Gasteiger partial charge on any atom is 0.339 e. The Labute approximate surface area is 114 Å². The highest BCUT2D eigenvalue weighted by molar-refractivity contribution is 5.97. The van der Waals surface area contributed by atoms with E-state index in [1.54, 1.807) is 0 Å². The first-order valence-electron chi connectivity index (χ1n) is 6.62. The van der Waals surface area contributed by atoms with Gasteiger partial charge in [-0.2, -0.15) is 0 Å². The van der Waals surface area contributed by atoms with Crippen LogP contribution in [0.3, 0.4) is 0 Å². The minimum Gasteiger partial charge on any atom is -0.462 e. The van der Waals surface area contributed by atoms with Crippen molar-refractivity contribution in [1.29, 1.82) is 0 Å². The lowest BCUT2D eigenvalue weighted by Gasteiger charge is -2.21. The molecule has 0 atom stereocenters. The van der Waals surface area contributed by atoms with Crippen molar-refractivity contribution in [3.8, 4) is 0 Å². The zero-order valence-corrected chi connectivity index (χ0v) is 11.4. The van der Waals surface area contributed by atoms with E-state index in [0.29, 0.717) is 12.2 Å². The molecule has 0 saturated heterocycles. The molecule has 1 aromatic carbocycles. The number of ether oxygens (including phenoxy) is 1. The Bertz CT molecular complexity index is 515. The van der Waals surface area contributed by atoms with Crippen LogP contribution in [0.5, 0.6) is 0 Å². The molecule has 0 radical (unpaired) electrons. The third-order valence-electron chi connectivity index (χ3n) is 3.18. The third kappa shape index (κ3) is 2.87. The Morgan fingerprint density at radius 2 is 2.05 bits per heavy atom. The van der Waals surface area contributed by atoms with Gasteiger partial charge in [0.15, 0.2) is 0 Å². The minimum absolute atomic E-state index is 0.250. The van der Waals surface area contributed by atoms with Gasteiger partial charge in [0.25, 0.3) is 0 Å². The topological polar surface area (TPSA) is 38.3 Å². The van der Waals surface area contributed by atoms with Gasteiger partial charge < -0.3 is 10.1 Å². The zero-order valence-electron chi connectivity index (χ0n) is 11.4. The predicted octanol–water partition coefficient (Wildman–Crippen LogP) is 2.90. The summed E-state index contributed by atoms with van der Waals surface area (Å²) in [5.41, 5.74) is 3.86. The second-order valence-electron chi connectivity index (χ2n) is 4.35. The number of carbonyl (C=O) groups excluding carboxylic acids is 1. The smallest absolute Gasteiger partial charge is 0.339 e. The van der Waals surface area contributed by atoms with Crippen molar-refractivity contribution >= 4 is 11.5 Å². The molecule has 1 N–H and O–H groups in total. The summed E-state index contributed by atoms with van der Waals surface area (Å²) >= 11 is 0. The van der Waals surface area contributed by atoms with Gasteiger partial charge in [0.2, 0.25) is 0 Å². The molecule has 0 fully saturated rings. The van der Waals surface area contributed by atoms with Gasteiger partial charge in [0, 0.05) is 7.05 Å². The number of esters is 1. The van der Waals surface area contributed by atoms with E-state index >= 15 is 0 Å². The third-order valence-corrected chi connectivity index (χ3v) is 3.18. The number of benzene rings is 1. The van der Waals surface area contributed by atoms with Gasteiger partial charge in [-0.25, -0.2) is 4.79 Å². The van der Waals surface area contributed by atoms with Gasteiger partial charge in [-0.05, 0) is 30.9 Å². The van der Waals surface area contributed by atoms with Crippen LogP contribution in [-0.4, -0.2) is 19.6 Å². The Morgan fingerprint density at radius 1 is 1.32 bits per heavy atom. The molecule has 3 heteroatoms. The fourth-order valence-corrected chi connectivity index (χ4v) is 2.36. The Balaban J connectivity index is 2.40. The molecular formula is C16H19NO2. The lowest BCUT2D eigenvalue weighted by Crippen LogP contribution is -2.21. The van der Waals surface area contributed by atoms with Gasteiger partial charge >= 0.3 is 5.97 Å². The molecule has 0 unspecified atom stereocenters. The van der Waals surface area contributed by atoms with Gasteiger partial charge in [0.05, 0.1) is 17.9 Å². The van der Waals surface area contributed by atoms with Crippen LogP contribution < -0.4 is 5.32 Å². The monoisotopic (exact) mass is 257 g/mol. The Hall–Kier alpha value is -2.03. The SMILES string of the molecule is CCOC(=O)C1=CCCC(c2ccccc2)=C1NC. The molecule has 2 rings (SSSR count). The first-order valence-corrected chi connectivity index (χ1v) is 6.62. The minimum atomic E-state index is -0.250. The summed E-state index contributed by atoms with van der Waals surface area (Å²) < 4.78 is 5.12. The number of rotatable bonds is 4. The highest BCUT2D eigenvalue weighted by Crippen LogP contribution is 2.31. The first-order chi connectivity index (χ1) is 9.27. The Morgan fingerprint density at radius 3 is 2.68 bits per heavy atom. The molecule has 1 aliphatic carbocycles. The number of nitrogens with one attached hydrogen (secondary N) is 1. The molecule has 3 nitrogen and oxygen atoms in total. The van der Waals surface area contributed by atoms with E-state index in [9.17, 15) is 4.79 Å². The average molecular weight is 257 g/mol. The number of allylic oxidation sites excluding steroid dienone is 2. The second-order valence-corrected chi connectivity index (χ2v) is 4.35. The predicted molar refractivity (Wildman–Crippen MR) is 76.4 cm³/mol. The lowest BCUT2D eigenvalue weighted by molar-refractivity contribution is -0.138. The van der Waals surface area contributed by atoms with Crippen LogP contribution in [0.1, 0.15) is 25.3 Å². The van der Waals surface area contributed by atoms with Crippen LogP contribution in [0.25, 0.3) is 5.57 Å². The molecule has 1 aliphatic rings. The number of hydrogen-bond donors (Lipinski definition) is 1. The second kappa shape index (κ2) is 6.23. The van der Waals surface area contributed by atoms with E-state index < -0.39 is 0 Å². The molecule has 0 bridgehead atoms. The number of likely N-dealkylation sites (N-methyl/N-ethyl adjacent to an activating group) is 1. The van der Waals surface area contributed by atoms with Gasteiger partial charge in [-0.15, -0.1) is 0 Å². The van der Waals surface area contributed by atoms with E-state index in [1.165, 1.54) is 5.57 Å². The van der Waals surface area contributed by atoms with Crippen molar-refractivity contribution in [3.63, 3.8) is 0 Å². The van der Waals surface area contributed by atoms with Crippen LogP contribution in [-0.2, 0) is 9.53 Å². The lowest BCUT2D eigenvalue weighted by atomic mass is 9.90. The Kier molecular flexibility index (Phi) is 4.39. The first kappa shape index (κ1) is 13.4. The number of carbonyl (C=O) groups is 1. The van der Waals surface area contributed by atoms with Crippen LogP contribution >= 0.6 is 0 Å². The van der Waals surface area contributed by atoms with Gasteiger partial charge in [0.1, 0.15) is 0 Å². The molecule has 0 spiro atoms. The van der Waals surface area contributed by atoms with Crippen molar-refractivity contribution in [2.24, 2.45) is 0 Å². The van der Waals surface area contributed by atoms with Crippen molar-refractivity contribution in [3.05, 3.63) is 53.2 Å². The summed E-state index contributed by atoms with van der Waals surface area (Å²) in [4.78, 5) is 12.0. The van der Waals surface area contributed by atoms with Crippen LogP contribution in [0.15, 0.2) is 47.7 Å². The molecule has 19 heavy (non-hydrogen) atoms. The fourth-order valence-electron chi connectivity index (χ4n) is 2.36.